The van der Waals surface area contributed by atoms with Gasteiger partial charge in [0, 0.05) is 23.9 Å². The lowest BCUT2D eigenvalue weighted by Gasteiger charge is -2.08. The minimum Gasteiger partial charge on any atom is -0.304 e. The van der Waals surface area contributed by atoms with Crippen LogP contribution in [-0.2, 0) is 0 Å². The quantitative estimate of drug-likeness (QED) is 0.600. The molecule has 3 aromatic heterocycles. The van der Waals surface area contributed by atoms with Crippen LogP contribution in [0.4, 0.5) is 10.2 Å². The molecule has 136 valence electrons. The van der Waals surface area contributed by atoms with Crippen LogP contribution in [0.2, 0.25) is 0 Å². The van der Waals surface area contributed by atoms with E-state index >= 15 is 0 Å². The van der Waals surface area contributed by atoms with Crippen molar-refractivity contribution in [2.75, 3.05) is 5.32 Å². The fourth-order valence-electron chi connectivity index (χ4n) is 2.62. The molecule has 4 rings (SSSR count). The van der Waals surface area contributed by atoms with Crippen LogP contribution in [-0.4, -0.2) is 35.3 Å². The van der Waals surface area contributed by atoms with Crippen LogP contribution in [0.3, 0.4) is 0 Å². The van der Waals surface area contributed by atoms with Crippen molar-refractivity contribution in [3.8, 4) is 11.3 Å². The van der Waals surface area contributed by atoms with E-state index in [4.69, 9.17) is 0 Å². The van der Waals surface area contributed by atoms with Crippen molar-refractivity contribution >= 4 is 17.5 Å². The molecule has 0 spiro atoms. The molecule has 1 aromatic carbocycles. The Bertz CT molecular complexity index is 1110. The Kier molecular flexibility index (Phi) is 4.11. The van der Waals surface area contributed by atoms with Gasteiger partial charge in [-0.3, -0.25) is 9.48 Å². The molecule has 0 aliphatic rings. The Morgan fingerprint density at radius 3 is 2.67 bits per heavy atom. The molecule has 9 heteroatoms. The second-order valence-corrected chi connectivity index (χ2v) is 6.23. The zero-order valence-corrected chi connectivity index (χ0v) is 14.7. The van der Waals surface area contributed by atoms with E-state index in [0.29, 0.717) is 17.1 Å². The molecular formula is C18H16FN7O. The number of hydrogen-bond acceptors (Lipinski definition) is 5. The normalized spacial score (nSPS) is 11.3. The van der Waals surface area contributed by atoms with Gasteiger partial charge in [0.05, 0.1) is 5.69 Å². The first-order valence-electron chi connectivity index (χ1n) is 8.34. The molecule has 0 aliphatic heterocycles. The van der Waals surface area contributed by atoms with E-state index in [-0.39, 0.29) is 23.3 Å². The van der Waals surface area contributed by atoms with Crippen LogP contribution in [0.15, 0.2) is 48.9 Å². The second-order valence-electron chi connectivity index (χ2n) is 6.23. The van der Waals surface area contributed by atoms with Crippen molar-refractivity contribution < 1.29 is 9.18 Å². The first-order valence-corrected chi connectivity index (χ1v) is 8.34. The highest BCUT2D eigenvalue weighted by molar-refractivity contribution is 6.03. The third kappa shape index (κ3) is 3.26. The van der Waals surface area contributed by atoms with Crippen molar-refractivity contribution in [2.45, 2.75) is 19.9 Å². The Balaban J connectivity index is 1.72. The summed E-state index contributed by atoms with van der Waals surface area (Å²) in [5.74, 6) is -0.0388. The van der Waals surface area contributed by atoms with Crippen LogP contribution in [0.5, 0.6) is 0 Å². The summed E-state index contributed by atoms with van der Waals surface area (Å²) in [5.41, 5.74) is 1.41. The predicted octanol–water partition coefficient (Wildman–Crippen LogP) is 2.96. The van der Waals surface area contributed by atoms with E-state index in [1.807, 2.05) is 13.8 Å². The molecule has 0 radical (unpaired) electrons. The number of carbonyl (C=O) groups excluding carboxylic acids is 1. The van der Waals surface area contributed by atoms with E-state index in [1.54, 1.807) is 35.1 Å². The topological polar surface area (TPSA) is 90.0 Å². The van der Waals surface area contributed by atoms with Gasteiger partial charge in [-0.05, 0) is 44.2 Å². The second kappa shape index (κ2) is 6.60. The van der Waals surface area contributed by atoms with Gasteiger partial charge in [0.25, 0.3) is 11.7 Å². The zero-order valence-electron chi connectivity index (χ0n) is 14.7. The third-order valence-electron chi connectivity index (χ3n) is 4.00. The van der Waals surface area contributed by atoms with Gasteiger partial charge in [0.15, 0.2) is 5.82 Å². The Hall–Kier alpha value is -3.62. The maximum atomic E-state index is 13.2. The first kappa shape index (κ1) is 16.8. The number of fused-ring (bicyclic) bond motifs is 1. The molecule has 1 amide bonds. The third-order valence-corrected chi connectivity index (χ3v) is 4.00. The zero-order chi connectivity index (χ0) is 19.0. The van der Waals surface area contributed by atoms with Gasteiger partial charge in [-0.1, -0.05) is 0 Å². The predicted molar refractivity (Wildman–Crippen MR) is 96.7 cm³/mol. The van der Waals surface area contributed by atoms with Crippen LogP contribution < -0.4 is 5.32 Å². The highest BCUT2D eigenvalue weighted by atomic mass is 19.1. The van der Waals surface area contributed by atoms with Gasteiger partial charge in [0.1, 0.15) is 17.8 Å². The molecule has 0 unspecified atom stereocenters. The molecule has 0 fully saturated rings. The Morgan fingerprint density at radius 1 is 1.19 bits per heavy atom. The van der Waals surface area contributed by atoms with Gasteiger partial charge >= 0.3 is 0 Å². The van der Waals surface area contributed by atoms with Crippen molar-refractivity contribution in [1.82, 2.24) is 29.4 Å². The SMILES string of the molecule is CC(C)n1ccc(NC(=O)c2cc(-c3ccc(F)cc3)nc3ncnn23)n1. The van der Waals surface area contributed by atoms with E-state index in [0.717, 1.165) is 0 Å². The molecule has 4 aromatic rings. The molecular weight excluding hydrogens is 349 g/mol. The number of benzene rings is 1. The van der Waals surface area contributed by atoms with Crippen LogP contribution in [0, 0.1) is 5.82 Å². The maximum Gasteiger partial charge on any atom is 0.275 e. The summed E-state index contributed by atoms with van der Waals surface area (Å²) in [6.45, 7) is 3.99. The number of nitrogens with one attached hydrogen (secondary N) is 1. The molecule has 0 aliphatic carbocycles. The molecule has 0 bridgehead atoms. The highest BCUT2D eigenvalue weighted by Gasteiger charge is 2.17. The van der Waals surface area contributed by atoms with Crippen LogP contribution in [0.25, 0.3) is 17.0 Å². The van der Waals surface area contributed by atoms with Crippen molar-refractivity contribution in [2.24, 2.45) is 0 Å². The minimum absolute atomic E-state index is 0.184. The number of nitrogens with zero attached hydrogens (tertiary/aromatic N) is 6. The number of hydrogen-bond donors (Lipinski definition) is 1. The summed E-state index contributed by atoms with van der Waals surface area (Å²) < 4.78 is 16.3. The number of aromatic nitrogens is 6. The molecule has 1 N–H and O–H groups in total. The Morgan fingerprint density at radius 2 is 1.96 bits per heavy atom. The lowest BCUT2D eigenvalue weighted by molar-refractivity contribution is 0.101. The van der Waals surface area contributed by atoms with E-state index in [9.17, 15) is 9.18 Å². The molecule has 8 nitrogen and oxygen atoms in total. The number of carbonyl (C=O) groups is 1. The fourth-order valence-corrected chi connectivity index (χ4v) is 2.62. The van der Waals surface area contributed by atoms with Crippen molar-refractivity contribution in [1.29, 1.82) is 0 Å². The summed E-state index contributed by atoms with van der Waals surface area (Å²) >= 11 is 0. The van der Waals surface area contributed by atoms with E-state index in [1.165, 1.54) is 23.0 Å². The number of amides is 1. The lowest BCUT2D eigenvalue weighted by atomic mass is 10.1. The summed E-state index contributed by atoms with van der Waals surface area (Å²) in [6.07, 6.45) is 3.11. The molecule has 27 heavy (non-hydrogen) atoms. The first-order chi connectivity index (χ1) is 13.0. The lowest BCUT2D eigenvalue weighted by Crippen LogP contribution is -2.18. The van der Waals surface area contributed by atoms with Gasteiger partial charge in [-0.25, -0.2) is 9.37 Å². The fraction of sp³-hybridized carbons (Fsp3) is 0.167. The average molecular weight is 365 g/mol. The highest BCUT2D eigenvalue weighted by Crippen LogP contribution is 2.20. The van der Waals surface area contributed by atoms with E-state index in [2.05, 4.69) is 25.5 Å². The molecule has 0 atom stereocenters. The number of anilines is 1. The number of halogens is 1. The number of rotatable bonds is 4. The largest absolute Gasteiger partial charge is 0.304 e. The molecule has 0 saturated carbocycles. The average Bonchev–Trinajstić information content (AvgIpc) is 3.30. The Labute approximate surface area is 153 Å². The van der Waals surface area contributed by atoms with Crippen LogP contribution >= 0.6 is 0 Å². The maximum absolute atomic E-state index is 13.2. The molecule has 0 saturated heterocycles. The van der Waals surface area contributed by atoms with Crippen molar-refractivity contribution in [3.05, 3.63) is 60.4 Å². The smallest absolute Gasteiger partial charge is 0.275 e. The standard InChI is InChI=1S/C18H16FN7O/c1-11(2)25-8-7-16(24-25)23-17(27)15-9-14(12-3-5-13(19)6-4-12)22-18-20-10-21-26(15)18/h3-11H,1-2H3,(H,23,24,27). The summed E-state index contributed by atoms with van der Waals surface area (Å²) in [6, 6.07) is 9.35. The van der Waals surface area contributed by atoms with Crippen molar-refractivity contribution in [3.63, 3.8) is 0 Å². The van der Waals surface area contributed by atoms with Gasteiger partial charge in [0.2, 0.25) is 0 Å². The van der Waals surface area contributed by atoms with Gasteiger partial charge < -0.3 is 5.32 Å². The van der Waals surface area contributed by atoms with Crippen LogP contribution in [0.1, 0.15) is 30.4 Å². The monoisotopic (exact) mass is 365 g/mol. The van der Waals surface area contributed by atoms with E-state index < -0.39 is 5.91 Å². The summed E-state index contributed by atoms with van der Waals surface area (Å²) in [7, 11) is 0. The van der Waals surface area contributed by atoms with Gasteiger partial charge in [-0.15, -0.1) is 0 Å². The molecule has 3 heterocycles. The summed E-state index contributed by atoms with van der Waals surface area (Å²) in [4.78, 5) is 21.3. The summed E-state index contributed by atoms with van der Waals surface area (Å²) in [5, 5.41) is 11.1. The van der Waals surface area contributed by atoms with Gasteiger partial charge in [-0.2, -0.15) is 19.7 Å². The minimum atomic E-state index is -0.398.